The Morgan fingerprint density at radius 1 is 0.886 bits per heavy atom. The van der Waals surface area contributed by atoms with Crippen LogP contribution in [0.15, 0.2) is 91.0 Å². The number of esters is 1. The minimum atomic E-state index is -1.01. The summed E-state index contributed by atoms with van der Waals surface area (Å²) in [5, 5.41) is 7.34. The van der Waals surface area contributed by atoms with Crippen LogP contribution in [0.3, 0.4) is 0 Å². The van der Waals surface area contributed by atoms with E-state index in [4.69, 9.17) is 32.7 Å². The lowest BCUT2D eigenvalue weighted by Gasteiger charge is -2.41. The maximum absolute atomic E-state index is 13.5. The lowest BCUT2D eigenvalue weighted by molar-refractivity contribution is -0.130. The predicted molar refractivity (Wildman–Crippen MR) is 174 cm³/mol. The first-order valence-electron chi connectivity index (χ1n) is 14.3. The molecular weight excluding hydrogens is 599 g/mol. The number of piperidine rings is 1. The molecule has 9 heteroatoms. The van der Waals surface area contributed by atoms with Crippen LogP contribution in [0.1, 0.15) is 59.8 Å². The Balaban J connectivity index is 0.000000427. The molecule has 4 aromatic carbocycles. The molecule has 1 spiro atoms. The molecule has 0 aromatic heterocycles. The van der Waals surface area contributed by atoms with Gasteiger partial charge in [0.15, 0.2) is 0 Å². The van der Waals surface area contributed by atoms with Gasteiger partial charge in [0.1, 0.15) is 16.9 Å². The van der Waals surface area contributed by atoms with Crippen LogP contribution in [0.25, 0.3) is 0 Å². The molecule has 228 valence electrons. The van der Waals surface area contributed by atoms with E-state index in [1.54, 1.807) is 36.4 Å². The number of carbonyl (C=O) groups excluding carboxylic acids is 3. The monoisotopic (exact) mass is 632 g/mol. The average Bonchev–Trinajstić information content (AvgIpc) is 3.31. The molecule has 0 aliphatic carbocycles. The van der Waals surface area contributed by atoms with E-state index in [0.29, 0.717) is 39.8 Å². The van der Waals surface area contributed by atoms with Crippen LogP contribution in [0.4, 0.5) is 5.69 Å². The lowest BCUT2D eigenvalue weighted by atomic mass is 9.67. The van der Waals surface area contributed by atoms with Crippen molar-refractivity contribution >= 4 is 46.7 Å². The van der Waals surface area contributed by atoms with E-state index >= 15 is 0 Å². The highest BCUT2D eigenvalue weighted by molar-refractivity contribution is 6.31. The molecule has 2 aliphatic heterocycles. The van der Waals surface area contributed by atoms with Gasteiger partial charge in [-0.15, -0.1) is 0 Å². The van der Waals surface area contributed by atoms with Gasteiger partial charge in [0.05, 0.1) is 18.7 Å². The summed E-state index contributed by atoms with van der Waals surface area (Å²) in [7, 11) is 1.32. The maximum Gasteiger partial charge on any atom is 0.337 e. The number of ether oxygens (including phenoxy) is 2. The summed E-state index contributed by atoms with van der Waals surface area (Å²) in [6.45, 7) is 5.94. The Kier molecular flexibility index (Phi) is 10.7. The maximum atomic E-state index is 13.5. The Bertz CT molecular complexity index is 1640. The van der Waals surface area contributed by atoms with E-state index in [1.807, 2.05) is 75.4 Å². The van der Waals surface area contributed by atoms with Crippen molar-refractivity contribution in [3.63, 3.8) is 0 Å². The number of carbonyl (C=O) groups is 3. The molecule has 6 rings (SSSR count). The lowest BCUT2D eigenvalue weighted by Crippen LogP contribution is -2.52. The molecule has 2 atom stereocenters. The fourth-order valence-electron chi connectivity index (χ4n) is 5.36. The fraction of sp³-hybridized carbons (Fsp3) is 0.229. The number of fused-ring (bicyclic) bond motifs is 2. The van der Waals surface area contributed by atoms with Crippen molar-refractivity contribution in [2.45, 2.75) is 45.1 Å². The van der Waals surface area contributed by atoms with Crippen molar-refractivity contribution < 1.29 is 23.9 Å². The van der Waals surface area contributed by atoms with Crippen molar-refractivity contribution in [1.82, 2.24) is 5.32 Å². The summed E-state index contributed by atoms with van der Waals surface area (Å²) in [5.41, 5.74) is 2.49. The third-order valence-electron chi connectivity index (χ3n) is 7.37. The Morgan fingerprint density at radius 2 is 1.59 bits per heavy atom. The van der Waals surface area contributed by atoms with Gasteiger partial charge >= 0.3 is 5.97 Å². The third kappa shape index (κ3) is 6.90. The second-order valence-corrected chi connectivity index (χ2v) is 10.9. The van der Waals surface area contributed by atoms with Crippen LogP contribution in [0.5, 0.6) is 11.5 Å². The number of aryl methyl sites for hydroxylation is 1. The SMILES string of the molecule is CC.COC(=O)c1ccc(Oc2ccc(C)cc2[C@H]2NC(=O)CC[C@]23C(=O)Nc2cc(Cl)ccc23)cc1.Clc1ccccc1. The summed E-state index contributed by atoms with van der Waals surface area (Å²) in [6, 6.07) is 26.3. The number of hydrogen-bond donors (Lipinski definition) is 2. The van der Waals surface area contributed by atoms with Crippen LogP contribution >= 0.6 is 23.2 Å². The molecule has 0 unspecified atom stereocenters. The predicted octanol–water partition coefficient (Wildman–Crippen LogP) is 8.43. The normalized spacial score (nSPS) is 18.0. The first-order valence-corrected chi connectivity index (χ1v) is 15.0. The van der Waals surface area contributed by atoms with E-state index < -0.39 is 17.4 Å². The van der Waals surface area contributed by atoms with Crippen molar-refractivity contribution in [2.75, 3.05) is 12.4 Å². The molecule has 2 aliphatic rings. The molecule has 2 amide bonds. The van der Waals surface area contributed by atoms with Crippen molar-refractivity contribution in [1.29, 1.82) is 0 Å². The number of benzene rings is 4. The number of anilines is 1. The van der Waals surface area contributed by atoms with Gasteiger partial charge < -0.3 is 20.1 Å². The topological polar surface area (TPSA) is 93.7 Å². The van der Waals surface area contributed by atoms with Crippen molar-refractivity contribution in [3.8, 4) is 11.5 Å². The highest BCUT2D eigenvalue weighted by Gasteiger charge is 2.56. The van der Waals surface area contributed by atoms with Crippen LogP contribution < -0.4 is 15.4 Å². The highest BCUT2D eigenvalue weighted by Crippen LogP contribution is 2.53. The summed E-state index contributed by atoms with van der Waals surface area (Å²) in [4.78, 5) is 37.9. The summed E-state index contributed by atoms with van der Waals surface area (Å²) in [6.07, 6.45) is 0.578. The molecular formula is C35H34Cl2N2O5. The van der Waals surface area contributed by atoms with Crippen LogP contribution in [-0.2, 0) is 19.7 Å². The van der Waals surface area contributed by atoms with Gasteiger partial charge in [-0.05, 0) is 73.5 Å². The van der Waals surface area contributed by atoms with E-state index in [9.17, 15) is 14.4 Å². The summed E-state index contributed by atoms with van der Waals surface area (Å²) in [5.74, 6) is 0.246. The Morgan fingerprint density at radius 3 is 2.23 bits per heavy atom. The smallest absolute Gasteiger partial charge is 0.337 e. The minimum Gasteiger partial charge on any atom is -0.465 e. The zero-order valence-electron chi connectivity index (χ0n) is 24.9. The van der Waals surface area contributed by atoms with Gasteiger partial charge in [-0.25, -0.2) is 4.79 Å². The van der Waals surface area contributed by atoms with Gasteiger partial charge in [-0.2, -0.15) is 0 Å². The van der Waals surface area contributed by atoms with Gasteiger partial charge in [-0.3, -0.25) is 9.59 Å². The molecule has 4 aromatic rings. The zero-order valence-corrected chi connectivity index (χ0v) is 26.5. The third-order valence-corrected chi connectivity index (χ3v) is 7.86. The molecule has 0 radical (unpaired) electrons. The number of halogens is 2. The number of hydrogen-bond acceptors (Lipinski definition) is 5. The first-order chi connectivity index (χ1) is 21.2. The largest absolute Gasteiger partial charge is 0.465 e. The van der Waals surface area contributed by atoms with Gasteiger partial charge in [0.25, 0.3) is 0 Å². The molecule has 44 heavy (non-hydrogen) atoms. The zero-order chi connectivity index (χ0) is 31.9. The molecule has 2 heterocycles. The summed E-state index contributed by atoms with van der Waals surface area (Å²) >= 11 is 11.7. The second-order valence-electron chi connectivity index (χ2n) is 10.1. The average molecular weight is 634 g/mol. The second kappa shape index (κ2) is 14.4. The molecule has 0 bridgehead atoms. The molecule has 7 nitrogen and oxygen atoms in total. The van der Waals surface area contributed by atoms with Gasteiger partial charge in [0.2, 0.25) is 11.8 Å². The number of rotatable bonds is 4. The van der Waals surface area contributed by atoms with Crippen LogP contribution in [0, 0.1) is 6.92 Å². The summed E-state index contributed by atoms with van der Waals surface area (Å²) < 4.78 is 11.0. The fourth-order valence-corrected chi connectivity index (χ4v) is 5.68. The molecule has 0 saturated carbocycles. The molecule has 1 fully saturated rings. The Hall–Kier alpha value is -4.33. The first kappa shape index (κ1) is 32.6. The number of amides is 2. The van der Waals surface area contributed by atoms with Gasteiger partial charge in [-0.1, -0.05) is 79.0 Å². The number of nitrogens with one attached hydrogen (secondary N) is 2. The quantitative estimate of drug-likeness (QED) is 0.220. The highest BCUT2D eigenvalue weighted by atomic mass is 35.5. The van der Waals surface area contributed by atoms with E-state index in [0.717, 1.165) is 16.1 Å². The standard InChI is InChI=1S/C27H23ClN2O5.C6H5Cl.C2H6/c1-15-3-10-22(35-18-7-4-16(5-8-18)25(32)34-2)19(13-15)24-27(12-11-23(31)30-24)20-9-6-17(28)14-21(20)29-26(27)33;7-6-4-2-1-3-5-6;1-2/h3-10,13-14,24H,11-12H2,1-2H3,(H,29,33)(H,30,31);1-5H;1-2H3/t24-,27-;;/m1../s1. The van der Waals surface area contributed by atoms with Crippen LogP contribution in [-0.4, -0.2) is 24.9 Å². The minimum absolute atomic E-state index is 0.134. The van der Waals surface area contributed by atoms with E-state index in [1.165, 1.54) is 7.11 Å². The number of methoxy groups -OCH3 is 1. The van der Waals surface area contributed by atoms with E-state index in [2.05, 4.69) is 10.6 Å². The molecule has 2 N–H and O–H groups in total. The molecule has 1 saturated heterocycles. The van der Waals surface area contributed by atoms with E-state index in [-0.39, 0.29) is 18.2 Å². The van der Waals surface area contributed by atoms with Crippen molar-refractivity contribution in [3.05, 3.63) is 123 Å². The van der Waals surface area contributed by atoms with Gasteiger partial charge in [0, 0.05) is 27.7 Å². The van der Waals surface area contributed by atoms with Crippen molar-refractivity contribution in [2.24, 2.45) is 0 Å². The van der Waals surface area contributed by atoms with Crippen LogP contribution in [0.2, 0.25) is 10.0 Å². The Labute approximate surface area is 267 Å².